The van der Waals surface area contributed by atoms with Gasteiger partial charge >= 0.3 is 0 Å². The van der Waals surface area contributed by atoms with Gasteiger partial charge in [-0.2, -0.15) is 0 Å². The number of nitrogens with two attached hydrogens (primary N) is 2. The fourth-order valence-corrected chi connectivity index (χ4v) is 4.06. The van der Waals surface area contributed by atoms with E-state index in [9.17, 15) is 0 Å². The van der Waals surface area contributed by atoms with Crippen LogP contribution in [-0.4, -0.2) is 59.2 Å². The molecule has 1 heterocycles. The summed E-state index contributed by atoms with van der Waals surface area (Å²) in [4.78, 5) is 0. The standard InChI is InChI=1S/C27H44N6O2.ClH/c28-7-1-9-30-11-3-13-32-19-22-15-23(20-33-14-4-12-31-10-2-8-29)17-25(16-22)24-5-6-26-27(18-24)35-21-34-26;/h5-6,15-18,30-33H,1-4,7-14,19-21,28-29H2;1H. The Labute approximate surface area is 222 Å². The average Bonchev–Trinajstić information content (AvgIpc) is 3.35. The summed E-state index contributed by atoms with van der Waals surface area (Å²) in [7, 11) is 0. The van der Waals surface area contributed by atoms with Gasteiger partial charge in [0.25, 0.3) is 0 Å². The van der Waals surface area contributed by atoms with E-state index in [4.69, 9.17) is 20.9 Å². The first-order chi connectivity index (χ1) is 17.3. The highest BCUT2D eigenvalue weighted by Gasteiger charge is 2.14. The average molecular weight is 521 g/mol. The summed E-state index contributed by atoms with van der Waals surface area (Å²) in [5, 5.41) is 14.1. The molecule has 0 amide bonds. The summed E-state index contributed by atoms with van der Waals surface area (Å²) in [5.74, 6) is 1.63. The fourth-order valence-electron chi connectivity index (χ4n) is 4.06. The van der Waals surface area contributed by atoms with E-state index in [1.54, 1.807) is 0 Å². The molecule has 0 fully saturated rings. The van der Waals surface area contributed by atoms with Crippen molar-refractivity contribution in [1.29, 1.82) is 0 Å². The second-order valence-electron chi connectivity index (χ2n) is 8.95. The maximum absolute atomic E-state index is 5.60. The van der Waals surface area contributed by atoms with Crippen molar-refractivity contribution >= 4 is 12.4 Å². The first-order valence-electron chi connectivity index (χ1n) is 13.1. The molecule has 8 nitrogen and oxygen atoms in total. The normalized spacial score (nSPS) is 12.1. The zero-order valence-electron chi connectivity index (χ0n) is 21.5. The molecule has 0 saturated heterocycles. The molecule has 9 heteroatoms. The van der Waals surface area contributed by atoms with Gasteiger partial charge in [0.05, 0.1) is 0 Å². The van der Waals surface area contributed by atoms with E-state index in [-0.39, 0.29) is 12.4 Å². The number of rotatable bonds is 19. The highest BCUT2D eigenvalue weighted by molar-refractivity contribution is 5.85. The lowest BCUT2D eigenvalue weighted by molar-refractivity contribution is 0.174. The lowest BCUT2D eigenvalue weighted by atomic mass is 9.99. The van der Waals surface area contributed by atoms with Crippen LogP contribution in [0.1, 0.15) is 36.8 Å². The molecule has 0 saturated carbocycles. The van der Waals surface area contributed by atoms with Gasteiger partial charge in [-0.25, -0.2) is 0 Å². The van der Waals surface area contributed by atoms with Gasteiger partial charge in [-0.15, -0.1) is 12.4 Å². The highest BCUT2D eigenvalue weighted by Crippen LogP contribution is 2.36. The first-order valence-corrected chi connectivity index (χ1v) is 13.1. The molecule has 1 aliphatic rings. The summed E-state index contributed by atoms with van der Waals surface area (Å²) < 4.78 is 11.1. The monoisotopic (exact) mass is 520 g/mol. The van der Waals surface area contributed by atoms with Gasteiger partial charge in [0.15, 0.2) is 11.5 Å². The van der Waals surface area contributed by atoms with Crippen LogP contribution in [0, 0.1) is 0 Å². The minimum absolute atomic E-state index is 0. The molecule has 0 aliphatic carbocycles. The number of fused-ring (bicyclic) bond motifs is 1. The van der Waals surface area contributed by atoms with E-state index < -0.39 is 0 Å². The zero-order chi connectivity index (χ0) is 24.6. The molecule has 0 aromatic heterocycles. The van der Waals surface area contributed by atoms with Crippen molar-refractivity contribution in [3.8, 4) is 22.6 Å². The minimum atomic E-state index is 0. The second kappa shape index (κ2) is 18.4. The number of ether oxygens (including phenoxy) is 2. The second-order valence-corrected chi connectivity index (χ2v) is 8.95. The number of nitrogens with one attached hydrogen (secondary N) is 4. The van der Waals surface area contributed by atoms with Crippen molar-refractivity contribution in [2.75, 3.05) is 59.2 Å². The summed E-state index contributed by atoms with van der Waals surface area (Å²) in [5.41, 5.74) is 16.0. The highest BCUT2D eigenvalue weighted by atomic mass is 35.5. The van der Waals surface area contributed by atoms with Gasteiger partial charge < -0.3 is 42.2 Å². The summed E-state index contributed by atoms with van der Waals surface area (Å²) in [6, 6.07) is 13.0. The Morgan fingerprint density at radius 3 is 1.69 bits per heavy atom. The number of hydrogen-bond donors (Lipinski definition) is 6. The van der Waals surface area contributed by atoms with Crippen LogP contribution in [0.4, 0.5) is 0 Å². The van der Waals surface area contributed by atoms with Crippen molar-refractivity contribution in [3.63, 3.8) is 0 Å². The Hall–Kier alpha value is -1.91. The van der Waals surface area contributed by atoms with E-state index in [1.165, 1.54) is 16.7 Å². The molecule has 2 aromatic rings. The van der Waals surface area contributed by atoms with E-state index in [0.717, 1.165) is 108 Å². The molecule has 0 radical (unpaired) electrons. The Balaban J connectivity index is 0.00000456. The van der Waals surface area contributed by atoms with Gasteiger partial charge in [0.2, 0.25) is 6.79 Å². The molecule has 36 heavy (non-hydrogen) atoms. The summed E-state index contributed by atoms with van der Waals surface area (Å²) >= 11 is 0. The molecular weight excluding hydrogens is 476 g/mol. The van der Waals surface area contributed by atoms with Crippen LogP contribution in [0.25, 0.3) is 11.1 Å². The SMILES string of the molecule is Cl.NCCCNCCCNCc1cc(CNCCCNCCCN)cc(-c2ccc3c(c2)OCO3)c1. The molecular formula is C27H45ClN6O2. The third kappa shape index (κ3) is 11.0. The van der Waals surface area contributed by atoms with Crippen LogP contribution in [-0.2, 0) is 13.1 Å². The predicted octanol–water partition coefficient (Wildman–Crippen LogP) is 2.34. The number of benzene rings is 2. The molecule has 1 aliphatic heterocycles. The van der Waals surface area contributed by atoms with Crippen LogP contribution in [0.5, 0.6) is 11.5 Å². The van der Waals surface area contributed by atoms with Crippen LogP contribution in [0.15, 0.2) is 36.4 Å². The number of halogens is 1. The Kier molecular flexibility index (Phi) is 15.5. The lowest BCUT2D eigenvalue weighted by Crippen LogP contribution is -2.24. The molecule has 0 bridgehead atoms. The van der Waals surface area contributed by atoms with Gasteiger partial charge in [0, 0.05) is 13.1 Å². The molecule has 8 N–H and O–H groups in total. The molecule has 0 spiro atoms. The maximum atomic E-state index is 5.60. The van der Waals surface area contributed by atoms with Crippen LogP contribution in [0.3, 0.4) is 0 Å². The van der Waals surface area contributed by atoms with Gasteiger partial charge in [-0.3, -0.25) is 0 Å². The molecule has 2 aromatic carbocycles. The Bertz CT molecular complexity index is 832. The zero-order valence-corrected chi connectivity index (χ0v) is 22.3. The summed E-state index contributed by atoms with van der Waals surface area (Å²) in [6.07, 6.45) is 4.25. The molecule has 0 unspecified atom stereocenters. The van der Waals surface area contributed by atoms with E-state index in [0.29, 0.717) is 6.79 Å². The quantitative estimate of drug-likeness (QED) is 0.156. The van der Waals surface area contributed by atoms with E-state index in [2.05, 4.69) is 51.6 Å². The van der Waals surface area contributed by atoms with Crippen molar-refractivity contribution in [3.05, 3.63) is 47.5 Å². The fraction of sp³-hybridized carbons (Fsp3) is 0.556. The third-order valence-electron chi connectivity index (χ3n) is 5.95. The smallest absolute Gasteiger partial charge is 0.231 e. The van der Waals surface area contributed by atoms with Gasteiger partial charge in [-0.05, 0) is 125 Å². The van der Waals surface area contributed by atoms with Crippen molar-refractivity contribution < 1.29 is 9.47 Å². The molecule has 0 atom stereocenters. The lowest BCUT2D eigenvalue weighted by Gasteiger charge is -2.13. The van der Waals surface area contributed by atoms with E-state index >= 15 is 0 Å². The van der Waals surface area contributed by atoms with Crippen LogP contribution < -0.4 is 42.2 Å². The van der Waals surface area contributed by atoms with Crippen molar-refractivity contribution in [2.24, 2.45) is 11.5 Å². The minimum Gasteiger partial charge on any atom is -0.454 e. The van der Waals surface area contributed by atoms with E-state index in [1.807, 2.05) is 6.07 Å². The van der Waals surface area contributed by atoms with Crippen molar-refractivity contribution in [2.45, 2.75) is 38.8 Å². The predicted molar refractivity (Wildman–Crippen MR) is 151 cm³/mol. The maximum Gasteiger partial charge on any atom is 0.231 e. The summed E-state index contributed by atoms with van der Waals surface area (Å²) in [6.45, 7) is 9.45. The van der Waals surface area contributed by atoms with Gasteiger partial charge in [0.1, 0.15) is 0 Å². The van der Waals surface area contributed by atoms with Crippen LogP contribution in [0.2, 0.25) is 0 Å². The largest absolute Gasteiger partial charge is 0.454 e. The molecule has 3 rings (SSSR count). The first kappa shape index (κ1) is 30.3. The molecule has 202 valence electrons. The topological polar surface area (TPSA) is 119 Å². The third-order valence-corrected chi connectivity index (χ3v) is 5.95. The van der Waals surface area contributed by atoms with Crippen LogP contribution >= 0.6 is 12.4 Å². The number of hydrogen-bond acceptors (Lipinski definition) is 8. The Morgan fingerprint density at radius 1 is 0.583 bits per heavy atom. The van der Waals surface area contributed by atoms with Gasteiger partial charge in [-0.1, -0.05) is 12.1 Å². The Morgan fingerprint density at radius 2 is 1.11 bits per heavy atom. The van der Waals surface area contributed by atoms with Crippen molar-refractivity contribution in [1.82, 2.24) is 21.3 Å².